The second-order valence-corrected chi connectivity index (χ2v) is 7.26. The molecular formula is C23H20O5. The number of rotatable bonds is 1. The first-order valence-corrected chi connectivity index (χ1v) is 8.83. The molecule has 0 aromatic heterocycles. The summed E-state index contributed by atoms with van der Waals surface area (Å²) in [4.78, 5) is 0. The van der Waals surface area contributed by atoms with E-state index in [1.807, 2.05) is 19.9 Å². The third-order valence-electron chi connectivity index (χ3n) is 5.28. The fraction of sp³-hybridized carbons (Fsp3) is 0.130. The van der Waals surface area contributed by atoms with Crippen LogP contribution in [0.3, 0.4) is 0 Å². The smallest absolute Gasteiger partial charge is 0.158 e. The van der Waals surface area contributed by atoms with Gasteiger partial charge in [0.05, 0.1) is 0 Å². The first kappa shape index (κ1) is 17.8. The zero-order valence-electron chi connectivity index (χ0n) is 15.7. The molecule has 0 atom stereocenters. The highest BCUT2D eigenvalue weighted by atomic mass is 16.3. The van der Waals surface area contributed by atoms with E-state index in [0.29, 0.717) is 43.8 Å². The van der Waals surface area contributed by atoms with E-state index < -0.39 is 0 Å². The number of fused-ring (bicyclic) bond motifs is 2. The number of aromatic hydroxyl groups is 5. The predicted octanol–water partition coefficient (Wildman–Crippen LogP) is 5.11. The van der Waals surface area contributed by atoms with E-state index in [9.17, 15) is 25.5 Å². The fourth-order valence-electron chi connectivity index (χ4n) is 3.84. The van der Waals surface area contributed by atoms with Crippen molar-refractivity contribution in [1.82, 2.24) is 0 Å². The number of hydrogen-bond donors (Lipinski definition) is 5. The van der Waals surface area contributed by atoms with Gasteiger partial charge in [-0.15, -0.1) is 0 Å². The normalized spacial score (nSPS) is 11.4. The molecule has 5 heteroatoms. The van der Waals surface area contributed by atoms with Crippen molar-refractivity contribution in [3.05, 3.63) is 53.1 Å². The lowest BCUT2D eigenvalue weighted by atomic mass is 9.89. The van der Waals surface area contributed by atoms with Crippen molar-refractivity contribution in [2.75, 3.05) is 0 Å². The molecule has 0 spiro atoms. The third-order valence-corrected chi connectivity index (χ3v) is 5.28. The molecule has 0 aliphatic rings. The molecule has 5 N–H and O–H groups in total. The summed E-state index contributed by atoms with van der Waals surface area (Å²) in [5.41, 5.74) is 3.03. The van der Waals surface area contributed by atoms with Crippen molar-refractivity contribution >= 4 is 21.5 Å². The maximum absolute atomic E-state index is 11.0. The lowest BCUT2D eigenvalue weighted by Crippen LogP contribution is -1.92. The van der Waals surface area contributed by atoms with Gasteiger partial charge in [-0.1, -0.05) is 12.1 Å². The average Bonchev–Trinajstić information content (AvgIpc) is 2.62. The van der Waals surface area contributed by atoms with Crippen molar-refractivity contribution in [3.63, 3.8) is 0 Å². The van der Waals surface area contributed by atoms with Crippen molar-refractivity contribution < 1.29 is 25.5 Å². The Bertz CT molecular complexity index is 1190. The van der Waals surface area contributed by atoms with Crippen LogP contribution < -0.4 is 0 Å². The molecule has 0 radical (unpaired) electrons. The molecular weight excluding hydrogens is 356 g/mol. The summed E-state index contributed by atoms with van der Waals surface area (Å²) < 4.78 is 0. The van der Waals surface area contributed by atoms with Crippen LogP contribution in [0.5, 0.6) is 28.7 Å². The Kier molecular flexibility index (Phi) is 3.79. The molecule has 0 fully saturated rings. The first-order valence-electron chi connectivity index (χ1n) is 8.83. The van der Waals surface area contributed by atoms with Crippen LogP contribution in [0.4, 0.5) is 0 Å². The van der Waals surface area contributed by atoms with Crippen LogP contribution in [-0.4, -0.2) is 25.5 Å². The van der Waals surface area contributed by atoms with Gasteiger partial charge in [-0.25, -0.2) is 0 Å². The van der Waals surface area contributed by atoms with Crippen LogP contribution >= 0.6 is 0 Å². The number of benzene rings is 4. The second-order valence-electron chi connectivity index (χ2n) is 7.26. The van der Waals surface area contributed by atoms with E-state index in [1.54, 1.807) is 25.1 Å². The van der Waals surface area contributed by atoms with Crippen LogP contribution in [0.25, 0.3) is 32.7 Å². The monoisotopic (exact) mass is 376 g/mol. The Morgan fingerprint density at radius 3 is 1.43 bits per heavy atom. The standard InChI is InChI=1S/C23H20O5/c1-10-6-15-13(7-17(10)24)4-11(2)20(22(15)27)21-12(3)5-14-8-18(25)19(26)9-16(14)23(21)28/h4-9,24-28H,1-3H3. The highest BCUT2D eigenvalue weighted by molar-refractivity contribution is 6.03. The number of phenols is 5. The van der Waals surface area contributed by atoms with E-state index in [-0.39, 0.29) is 28.7 Å². The van der Waals surface area contributed by atoms with Gasteiger partial charge in [0.2, 0.25) is 0 Å². The lowest BCUT2D eigenvalue weighted by molar-refractivity contribution is 0.404. The maximum Gasteiger partial charge on any atom is 0.158 e. The Morgan fingerprint density at radius 1 is 0.464 bits per heavy atom. The number of hydrogen-bond acceptors (Lipinski definition) is 5. The fourth-order valence-corrected chi connectivity index (χ4v) is 3.84. The first-order chi connectivity index (χ1) is 13.2. The van der Waals surface area contributed by atoms with Crippen LogP contribution in [0, 0.1) is 20.8 Å². The molecule has 142 valence electrons. The van der Waals surface area contributed by atoms with Crippen LogP contribution in [0.1, 0.15) is 16.7 Å². The van der Waals surface area contributed by atoms with Gasteiger partial charge in [0, 0.05) is 21.9 Å². The zero-order chi connectivity index (χ0) is 20.3. The second kappa shape index (κ2) is 5.96. The van der Waals surface area contributed by atoms with Crippen LogP contribution in [0.2, 0.25) is 0 Å². The molecule has 5 nitrogen and oxygen atoms in total. The lowest BCUT2D eigenvalue weighted by Gasteiger charge is -2.18. The molecule has 0 saturated heterocycles. The summed E-state index contributed by atoms with van der Waals surface area (Å²) >= 11 is 0. The van der Waals surface area contributed by atoms with Crippen molar-refractivity contribution in [2.45, 2.75) is 20.8 Å². The van der Waals surface area contributed by atoms with Gasteiger partial charge in [0.15, 0.2) is 11.5 Å². The summed E-state index contributed by atoms with van der Waals surface area (Å²) in [6, 6.07) is 9.64. The molecule has 4 aromatic rings. The molecule has 0 aliphatic carbocycles. The van der Waals surface area contributed by atoms with Crippen molar-refractivity contribution in [1.29, 1.82) is 0 Å². The molecule has 28 heavy (non-hydrogen) atoms. The number of aryl methyl sites for hydroxylation is 3. The zero-order valence-corrected chi connectivity index (χ0v) is 15.7. The predicted molar refractivity (Wildman–Crippen MR) is 109 cm³/mol. The highest BCUT2D eigenvalue weighted by Gasteiger charge is 2.21. The van der Waals surface area contributed by atoms with Gasteiger partial charge in [0.25, 0.3) is 0 Å². The topological polar surface area (TPSA) is 101 Å². The summed E-state index contributed by atoms with van der Waals surface area (Å²) in [5.74, 6) is -0.515. The molecule has 4 rings (SSSR count). The summed E-state index contributed by atoms with van der Waals surface area (Å²) in [6.07, 6.45) is 0. The molecule has 0 aliphatic heterocycles. The van der Waals surface area contributed by atoms with Crippen molar-refractivity contribution in [2.24, 2.45) is 0 Å². The highest BCUT2D eigenvalue weighted by Crippen LogP contribution is 2.48. The van der Waals surface area contributed by atoms with Crippen molar-refractivity contribution in [3.8, 4) is 39.9 Å². The Labute approximate surface area is 161 Å². The van der Waals surface area contributed by atoms with Gasteiger partial charge in [0.1, 0.15) is 17.2 Å². The van der Waals surface area contributed by atoms with Gasteiger partial charge in [-0.3, -0.25) is 0 Å². The van der Waals surface area contributed by atoms with E-state index in [0.717, 1.165) is 5.56 Å². The SMILES string of the molecule is Cc1cc2c(O)c(-c3c(C)cc4cc(O)c(O)cc4c3O)c(C)cc2cc1O. The minimum atomic E-state index is -0.330. The Morgan fingerprint density at radius 2 is 0.893 bits per heavy atom. The molecule has 0 bridgehead atoms. The van der Waals surface area contributed by atoms with E-state index in [1.165, 1.54) is 12.1 Å². The van der Waals surface area contributed by atoms with Crippen LogP contribution in [-0.2, 0) is 0 Å². The van der Waals surface area contributed by atoms with Gasteiger partial charge in [-0.05, 0) is 72.5 Å². The van der Waals surface area contributed by atoms with Gasteiger partial charge in [-0.2, -0.15) is 0 Å². The van der Waals surface area contributed by atoms with Gasteiger partial charge >= 0.3 is 0 Å². The molecule has 0 heterocycles. The van der Waals surface area contributed by atoms with E-state index >= 15 is 0 Å². The summed E-state index contributed by atoms with van der Waals surface area (Å²) in [6.45, 7) is 5.38. The number of phenolic OH excluding ortho intramolecular Hbond substituents is 5. The summed E-state index contributed by atoms with van der Waals surface area (Å²) in [5, 5.41) is 53.8. The molecule has 0 saturated carbocycles. The Hall–Kier alpha value is -3.60. The minimum absolute atomic E-state index is 0.0128. The molecule has 4 aromatic carbocycles. The summed E-state index contributed by atoms with van der Waals surface area (Å²) in [7, 11) is 0. The quantitative estimate of drug-likeness (QED) is 0.297. The van der Waals surface area contributed by atoms with Gasteiger partial charge < -0.3 is 25.5 Å². The van der Waals surface area contributed by atoms with E-state index in [2.05, 4.69) is 0 Å². The average molecular weight is 376 g/mol. The third kappa shape index (κ3) is 2.47. The Balaban J connectivity index is 2.12. The largest absolute Gasteiger partial charge is 0.508 e. The molecule has 0 amide bonds. The van der Waals surface area contributed by atoms with Crippen LogP contribution in [0.15, 0.2) is 36.4 Å². The maximum atomic E-state index is 11.0. The van der Waals surface area contributed by atoms with E-state index in [4.69, 9.17) is 0 Å². The minimum Gasteiger partial charge on any atom is -0.508 e. The molecule has 0 unspecified atom stereocenters.